The van der Waals surface area contributed by atoms with E-state index in [2.05, 4.69) is 9.89 Å². The maximum Gasteiger partial charge on any atom is 0.293 e. The van der Waals surface area contributed by atoms with Gasteiger partial charge in [0, 0.05) is 18.1 Å². The molecule has 0 radical (unpaired) electrons. The third kappa shape index (κ3) is 2.90. The first kappa shape index (κ1) is 11.3. The molecular weight excluding hydrogens is 225 g/mol. The minimum atomic E-state index is -0.298. The summed E-state index contributed by atoms with van der Waals surface area (Å²) in [5.74, 6) is 0.263. The van der Waals surface area contributed by atoms with Crippen LogP contribution in [0.1, 0.15) is 5.69 Å². The van der Waals surface area contributed by atoms with Gasteiger partial charge in [-0.25, -0.2) is 4.39 Å². The summed E-state index contributed by atoms with van der Waals surface area (Å²) >= 11 is 0. The van der Waals surface area contributed by atoms with E-state index in [4.69, 9.17) is 4.52 Å². The highest BCUT2D eigenvalue weighted by Crippen LogP contribution is 2.20. The third-order valence-electron chi connectivity index (χ3n) is 2.23. The molecule has 5 heteroatoms. The molecule has 0 bridgehead atoms. The number of carbonyl (C=O) groups excluding carboxylic acids is 1. The molecule has 0 aliphatic rings. The number of nitrogens with zero attached hydrogens (tertiary/aromatic N) is 1. The van der Waals surface area contributed by atoms with E-state index >= 15 is 0 Å². The highest BCUT2D eigenvalue weighted by atomic mass is 19.1. The number of rotatable bonds is 5. The number of hydrogen-bond donors (Lipinski definition) is 0. The van der Waals surface area contributed by atoms with Crippen molar-refractivity contribution in [1.29, 1.82) is 0 Å². The zero-order valence-corrected chi connectivity index (χ0v) is 8.93. The minimum Gasteiger partial charge on any atom is -0.467 e. The maximum absolute atomic E-state index is 12.7. The van der Waals surface area contributed by atoms with E-state index in [1.807, 2.05) is 0 Å². The fourth-order valence-electron chi connectivity index (χ4n) is 1.39. The predicted octanol–water partition coefficient (Wildman–Crippen LogP) is 2.20. The lowest BCUT2D eigenvalue weighted by molar-refractivity contribution is -0.128. The summed E-state index contributed by atoms with van der Waals surface area (Å²) < 4.78 is 22.4. The molecule has 0 saturated carbocycles. The van der Waals surface area contributed by atoms with Gasteiger partial charge in [0.05, 0.1) is 12.3 Å². The van der Waals surface area contributed by atoms with Gasteiger partial charge in [-0.1, -0.05) is 5.16 Å². The largest absolute Gasteiger partial charge is 0.467 e. The molecule has 88 valence electrons. The average molecular weight is 235 g/mol. The Hall–Kier alpha value is -2.17. The topological polar surface area (TPSA) is 52.3 Å². The lowest BCUT2D eigenvalue weighted by Gasteiger charge is -1.94. The van der Waals surface area contributed by atoms with Crippen LogP contribution < -0.4 is 0 Å². The lowest BCUT2D eigenvalue weighted by Crippen LogP contribution is -1.96. The maximum atomic E-state index is 12.7. The Bertz CT molecular complexity index is 493. The van der Waals surface area contributed by atoms with Gasteiger partial charge in [0.1, 0.15) is 5.82 Å². The van der Waals surface area contributed by atoms with Gasteiger partial charge in [-0.3, -0.25) is 4.79 Å². The van der Waals surface area contributed by atoms with E-state index in [1.54, 1.807) is 18.2 Å². The second kappa shape index (κ2) is 5.25. The summed E-state index contributed by atoms with van der Waals surface area (Å²) in [5, 5.41) is 3.82. The van der Waals surface area contributed by atoms with Crippen molar-refractivity contribution in [3.8, 4) is 11.3 Å². The Morgan fingerprint density at radius 1 is 1.35 bits per heavy atom. The Labute approximate surface area is 97.0 Å². The Morgan fingerprint density at radius 3 is 2.82 bits per heavy atom. The van der Waals surface area contributed by atoms with E-state index in [1.165, 1.54) is 12.1 Å². The van der Waals surface area contributed by atoms with Crippen LogP contribution in [0.5, 0.6) is 0 Å². The van der Waals surface area contributed by atoms with Crippen LogP contribution in [0.25, 0.3) is 11.3 Å². The van der Waals surface area contributed by atoms with Crippen LogP contribution in [-0.2, 0) is 16.0 Å². The number of ether oxygens (including phenoxy) is 1. The molecule has 0 amide bonds. The summed E-state index contributed by atoms with van der Waals surface area (Å²) in [7, 11) is 0. The number of carbonyl (C=O) groups is 1. The van der Waals surface area contributed by atoms with Gasteiger partial charge in [-0.05, 0) is 24.3 Å². The number of halogens is 1. The molecule has 0 aliphatic carbocycles. The molecule has 0 spiro atoms. The monoisotopic (exact) mass is 235 g/mol. The van der Waals surface area contributed by atoms with Crippen LogP contribution in [0, 0.1) is 5.82 Å². The van der Waals surface area contributed by atoms with Gasteiger partial charge in [0.15, 0.2) is 5.76 Å². The third-order valence-corrected chi connectivity index (χ3v) is 2.23. The quantitative estimate of drug-likeness (QED) is 0.588. The minimum absolute atomic E-state index is 0.263. The van der Waals surface area contributed by atoms with Crippen LogP contribution >= 0.6 is 0 Å². The Balaban J connectivity index is 2.07. The van der Waals surface area contributed by atoms with Crippen molar-refractivity contribution in [3.63, 3.8) is 0 Å². The molecule has 0 unspecified atom stereocenters. The van der Waals surface area contributed by atoms with Crippen molar-refractivity contribution < 1.29 is 18.4 Å². The van der Waals surface area contributed by atoms with Gasteiger partial charge < -0.3 is 9.26 Å². The van der Waals surface area contributed by atoms with Crippen molar-refractivity contribution in [1.82, 2.24) is 5.16 Å². The molecule has 1 aromatic heterocycles. The molecule has 0 N–H and O–H groups in total. The highest BCUT2D eigenvalue weighted by molar-refractivity contribution is 5.57. The lowest BCUT2D eigenvalue weighted by atomic mass is 10.1. The van der Waals surface area contributed by atoms with Crippen molar-refractivity contribution >= 4 is 6.47 Å². The standard InChI is InChI=1S/C12H10FNO3/c13-10-3-1-9(2-4-10)12-7-11(14-17-12)5-6-16-8-15/h1-4,7-8H,5-6H2. The van der Waals surface area contributed by atoms with Crippen molar-refractivity contribution in [2.75, 3.05) is 6.61 Å². The fraction of sp³-hybridized carbons (Fsp3) is 0.167. The molecule has 0 atom stereocenters. The van der Waals surface area contributed by atoms with Gasteiger partial charge >= 0.3 is 0 Å². The van der Waals surface area contributed by atoms with E-state index in [9.17, 15) is 9.18 Å². The highest BCUT2D eigenvalue weighted by Gasteiger charge is 2.06. The molecule has 1 aromatic carbocycles. The molecule has 2 rings (SSSR count). The summed E-state index contributed by atoms with van der Waals surface area (Å²) in [6.45, 7) is 0.653. The van der Waals surface area contributed by atoms with E-state index in [0.29, 0.717) is 24.3 Å². The summed E-state index contributed by atoms with van der Waals surface area (Å²) in [4.78, 5) is 9.95. The van der Waals surface area contributed by atoms with E-state index in [0.717, 1.165) is 5.56 Å². The molecular formula is C12H10FNO3. The van der Waals surface area contributed by atoms with Crippen LogP contribution in [-0.4, -0.2) is 18.2 Å². The second-order valence-corrected chi connectivity index (χ2v) is 3.41. The summed E-state index contributed by atoms with van der Waals surface area (Å²) in [5.41, 5.74) is 1.44. The predicted molar refractivity (Wildman–Crippen MR) is 57.6 cm³/mol. The summed E-state index contributed by atoms with van der Waals surface area (Å²) in [6.07, 6.45) is 0.490. The normalized spacial score (nSPS) is 10.2. The van der Waals surface area contributed by atoms with E-state index < -0.39 is 0 Å². The number of benzene rings is 1. The molecule has 4 nitrogen and oxygen atoms in total. The molecule has 17 heavy (non-hydrogen) atoms. The summed E-state index contributed by atoms with van der Waals surface area (Å²) in [6, 6.07) is 7.67. The first-order valence-corrected chi connectivity index (χ1v) is 5.06. The van der Waals surface area contributed by atoms with Gasteiger partial charge in [0.2, 0.25) is 0 Å². The van der Waals surface area contributed by atoms with Gasteiger partial charge in [0.25, 0.3) is 6.47 Å². The second-order valence-electron chi connectivity index (χ2n) is 3.41. The van der Waals surface area contributed by atoms with E-state index in [-0.39, 0.29) is 12.4 Å². The number of aromatic nitrogens is 1. The van der Waals surface area contributed by atoms with Crippen LogP contribution in [0.2, 0.25) is 0 Å². The molecule has 1 heterocycles. The van der Waals surface area contributed by atoms with Crippen LogP contribution in [0.3, 0.4) is 0 Å². The molecule has 0 saturated heterocycles. The van der Waals surface area contributed by atoms with Gasteiger partial charge in [-0.15, -0.1) is 0 Å². The zero-order chi connectivity index (χ0) is 12.1. The average Bonchev–Trinajstić information content (AvgIpc) is 2.79. The Morgan fingerprint density at radius 2 is 2.12 bits per heavy atom. The first-order chi connectivity index (χ1) is 8.29. The van der Waals surface area contributed by atoms with Crippen molar-refractivity contribution in [2.45, 2.75) is 6.42 Å². The smallest absolute Gasteiger partial charge is 0.293 e. The molecule has 2 aromatic rings. The van der Waals surface area contributed by atoms with Crippen LogP contribution in [0.15, 0.2) is 34.9 Å². The van der Waals surface area contributed by atoms with Crippen molar-refractivity contribution in [2.24, 2.45) is 0 Å². The SMILES string of the molecule is O=COCCc1cc(-c2ccc(F)cc2)on1. The number of hydrogen-bond acceptors (Lipinski definition) is 4. The fourth-order valence-corrected chi connectivity index (χ4v) is 1.39. The first-order valence-electron chi connectivity index (χ1n) is 5.06. The Kier molecular flexibility index (Phi) is 3.49. The molecule has 0 aliphatic heterocycles. The van der Waals surface area contributed by atoms with Gasteiger partial charge in [-0.2, -0.15) is 0 Å². The molecule has 0 fully saturated rings. The zero-order valence-electron chi connectivity index (χ0n) is 8.93. The van der Waals surface area contributed by atoms with Crippen LogP contribution in [0.4, 0.5) is 4.39 Å². The van der Waals surface area contributed by atoms with Crippen molar-refractivity contribution in [3.05, 3.63) is 41.8 Å².